The van der Waals surface area contributed by atoms with E-state index in [1.807, 2.05) is 12.1 Å². The summed E-state index contributed by atoms with van der Waals surface area (Å²) in [7, 11) is 0. The molecule has 156 valence electrons. The van der Waals surface area contributed by atoms with Crippen LogP contribution in [0.1, 0.15) is 51.9 Å². The van der Waals surface area contributed by atoms with Gasteiger partial charge in [0.05, 0.1) is 10.7 Å². The average Bonchev–Trinajstić information content (AvgIpc) is 3.27. The van der Waals surface area contributed by atoms with Gasteiger partial charge in [0.25, 0.3) is 5.91 Å². The van der Waals surface area contributed by atoms with Crippen molar-refractivity contribution in [2.24, 2.45) is 0 Å². The van der Waals surface area contributed by atoms with Crippen LogP contribution >= 0.6 is 11.6 Å². The molecule has 1 aromatic rings. The first-order chi connectivity index (χ1) is 13.9. The Labute approximate surface area is 175 Å². The van der Waals surface area contributed by atoms with Gasteiger partial charge in [0.15, 0.2) is 0 Å². The highest BCUT2D eigenvalue weighted by Crippen LogP contribution is 2.36. The monoisotopic (exact) mass is 418 g/mol. The van der Waals surface area contributed by atoms with E-state index in [2.05, 4.69) is 15.5 Å². The molecule has 29 heavy (non-hydrogen) atoms. The molecule has 0 bridgehead atoms. The molecule has 2 heterocycles. The van der Waals surface area contributed by atoms with Crippen LogP contribution in [0.25, 0.3) is 0 Å². The number of hydrogen-bond acceptors (Lipinski definition) is 4. The number of anilines is 2. The van der Waals surface area contributed by atoms with Gasteiger partial charge in [-0.1, -0.05) is 24.4 Å². The Morgan fingerprint density at radius 2 is 1.83 bits per heavy atom. The highest BCUT2D eigenvalue weighted by Gasteiger charge is 2.54. The second-order valence-electron chi connectivity index (χ2n) is 8.27. The maximum atomic E-state index is 12.8. The summed E-state index contributed by atoms with van der Waals surface area (Å²) < 4.78 is 0. The summed E-state index contributed by atoms with van der Waals surface area (Å²) in [5.74, 6) is -0.702. The van der Waals surface area contributed by atoms with Crippen molar-refractivity contribution in [1.29, 1.82) is 0 Å². The normalized spacial score (nSPS) is 22.1. The minimum absolute atomic E-state index is 0.291. The lowest BCUT2D eigenvalue weighted by Crippen LogP contribution is -2.48. The number of benzene rings is 1. The van der Waals surface area contributed by atoms with Crippen molar-refractivity contribution >= 4 is 40.8 Å². The molecule has 2 saturated heterocycles. The van der Waals surface area contributed by atoms with E-state index in [1.165, 1.54) is 6.42 Å². The number of urea groups is 1. The van der Waals surface area contributed by atoms with E-state index < -0.39 is 23.5 Å². The zero-order valence-corrected chi connectivity index (χ0v) is 17.4. The van der Waals surface area contributed by atoms with Crippen molar-refractivity contribution in [2.75, 3.05) is 23.3 Å². The topological polar surface area (TPSA) is 81.8 Å². The van der Waals surface area contributed by atoms with Crippen LogP contribution in [0.2, 0.25) is 5.02 Å². The molecule has 1 spiro atoms. The van der Waals surface area contributed by atoms with Gasteiger partial charge in [-0.3, -0.25) is 9.59 Å². The first-order valence-corrected chi connectivity index (χ1v) is 10.8. The molecule has 8 heteroatoms. The Kier molecular flexibility index (Phi) is 5.42. The minimum Gasteiger partial charge on any atom is -0.370 e. The Bertz CT molecular complexity index is 831. The van der Waals surface area contributed by atoms with E-state index in [0.29, 0.717) is 23.6 Å². The van der Waals surface area contributed by atoms with Crippen LogP contribution in [-0.4, -0.2) is 47.4 Å². The molecule has 0 radical (unpaired) electrons. The van der Waals surface area contributed by atoms with Gasteiger partial charge >= 0.3 is 6.03 Å². The van der Waals surface area contributed by atoms with E-state index in [1.54, 1.807) is 13.0 Å². The van der Waals surface area contributed by atoms with Gasteiger partial charge in [-0.2, -0.15) is 0 Å². The second-order valence-corrected chi connectivity index (χ2v) is 8.68. The molecule has 1 saturated carbocycles. The number of nitrogens with one attached hydrogen (secondary N) is 2. The number of nitrogens with zero attached hydrogens (tertiary/aromatic N) is 2. The van der Waals surface area contributed by atoms with Crippen molar-refractivity contribution in [2.45, 2.75) is 63.5 Å². The zero-order chi connectivity index (χ0) is 20.6. The van der Waals surface area contributed by atoms with Crippen molar-refractivity contribution in [3.8, 4) is 0 Å². The molecule has 4 rings (SSSR count). The number of amides is 4. The van der Waals surface area contributed by atoms with Crippen molar-refractivity contribution in [3.63, 3.8) is 0 Å². The molecule has 3 aliphatic rings. The third-order valence-corrected chi connectivity index (χ3v) is 6.63. The largest absolute Gasteiger partial charge is 0.370 e. The van der Waals surface area contributed by atoms with E-state index in [4.69, 9.17) is 11.6 Å². The van der Waals surface area contributed by atoms with E-state index in [-0.39, 0.29) is 5.91 Å². The lowest BCUT2D eigenvalue weighted by molar-refractivity contribution is -0.136. The van der Waals surface area contributed by atoms with Gasteiger partial charge in [0.2, 0.25) is 5.91 Å². The summed E-state index contributed by atoms with van der Waals surface area (Å²) in [6.07, 6.45) is 6.63. The zero-order valence-electron chi connectivity index (χ0n) is 16.7. The third kappa shape index (κ3) is 3.68. The van der Waals surface area contributed by atoms with Gasteiger partial charge in [0, 0.05) is 18.8 Å². The molecule has 1 aromatic carbocycles. The number of carbonyl (C=O) groups is 3. The smallest absolute Gasteiger partial charge is 0.325 e. The predicted octanol–water partition coefficient (Wildman–Crippen LogP) is 3.52. The summed E-state index contributed by atoms with van der Waals surface area (Å²) in [6, 6.07) is 4.06. The fourth-order valence-corrected chi connectivity index (χ4v) is 4.95. The van der Waals surface area contributed by atoms with E-state index in [0.717, 1.165) is 49.4 Å². The summed E-state index contributed by atoms with van der Waals surface area (Å²) in [6.45, 7) is 3.54. The van der Waals surface area contributed by atoms with Crippen LogP contribution < -0.4 is 15.5 Å². The van der Waals surface area contributed by atoms with E-state index >= 15 is 0 Å². The SMILES string of the molecule is CC(C(=O)Nc1ccc(N2CCCCC2)c(Cl)c1)N1C(=O)NC2(CCCC2)C1=O. The Morgan fingerprint density at radius 1 is 1.14 bits per heavy atom. The molecule has 4 amide bonds. The maximum Gasteiger partial charge on any atom is 0.325 e. The van der Waals surface area contributed by atoms with Crippen molar-refractivity contribution in [1.82, 2.24) is 10.2 Å². The molecule has 1 unspecified atom stereocenters. The Hall–Kier alpha value is -2.28. The number of carbonyl (C=O) groups excluding carboxylic acids is 3. The molecular weight excluding hydrogens is 392 g/mol. The molecule has 3 fully saturated rings. The highest BCUT2D eigenvalue weighted by molar-refractivity contribution is 6.33. The van der Waals surface area contributed by atoms with Crippen LogP contribution in [0.3, 0.4) is 0 Å². The number of rotatable bonds is 4. The summed E-state index contributed by atoms with van der Waals surface area (Å²) in [5.41, 5.74) is 0.704. The Balaban J connectivity index is 1.44. The first kappa shape index (κ1) is 20.0. The van der Waals surface area contributed by atoms with Gasteiger partial charge in [-0.25, -0.2) is 9.69 Å². The minimum atomic E-state index is -0.900. The summed E-state index contributed by atoms with van der Waals surface area (Å²) >= 11 is 6.46. The van der Waals surface area contributed by atoms with Gasteiger partial charge in [-0.15, -0.1) is 0 Å². The lowest BCUT2D eigenvalue weighted by Gasteiger charge is -2.29. The molecule has 1 aliphatic carbocycles. The van der Waals surface area contributed by atoms with Crippen LogP contribution in [0.5, 0.6) is 0 Å². The molecule has 1 atom stereocenters. The van der Waals surface area contributed by atoms with Crippen LogP contribution in [-0.2, 0) is 9.59 Å². The Morgan fingerprint density at radius 3 is 2.48 bits per heavy atom. The molecule has 2 aliphatic heterocycles. The number of hydrogen-bond donors (Lipinski definition) is 2. The first-order valence-electron chi connectivity index (χ1n) is 10.4. The lowest BCUT2D eigenvalue weighted by atomic mass is 9.97. The second kappa shape index (κ2) is 7.86. The highest BCUT2D eigenvalue weighted by atomic mass is 35.5. The molecular formula is C21H27ClN4O3. The quantitative estimate of drug-likeness (QED) is 0.733. The van der Waals surface area contributed by atoms with E-state index in [9.17, 15) is 14.4 Å². The van der Waals surface area contributed by atoms with Crippen molar-refractivity contribution < 1.29 is 14.4 Å². The van der Waals surface area contributed by atoms with Crippen LogP contribution in [0.15, 0.2) is 18.2 Å². The third-order valence-electron chi connectivity index (χ3n) is 6.33. The molecule has 7 nitrogen and oxygen atoms in total. The van der Waals surface area contributed by atoms with Crippen LogP contribution in [0, 0.1) is 0 Å². The maximum absolute atomic E-state index is 12.8. The molecule has 0 aromatic heterocycles. The predicted molar refractivity (Wildman–Crippen MR) is 112 cm³/mol. The van der Waals surface area contributed by atoms with Gasteiger partial charge < -0.3 is 15.5 Å². The number of halogens is 1. The summed E-state index contributed by atoms with van der Waals surface area (Å²) in [4.78, 5) is 41.3. The van der Waals surface area contributed by atoms with Crippen molar-refractivity contribution in [3.05, 3.63) is 23.2 Å². The standard InChI is InChI=1S/C21H27ClN4O3/c1-14(26-19(28)21(24-20(26)29)9-3-4-10-21)18(27)23-15-7-8-17(16(22)13-15)25-11-5-2-6-12-25/h7-8,13-14H,2-6,9-12H2,1H3,(H,23,27)(H,24,29). The number of imide groups is 1. The molecule has 2 N–H and O–H groups in total. The average molecular weight is 419 g/mol. The van der Waals surface area contributed by atoms with Crippen LogP contribution in [0.4, 0.5) is 16.2 Å². The van der Waals surface area contributed by atoms with Gasteiger partial charge in [-0.05, 0) is 57.2 Å². The summed E-state index contributed by atoms with van der Waals surface area (Å²) in [5, 5.41) is 6.19. The van der Waals surface area contributed by atoms with Gasteiger partial charge in [0.1, 0.15) is 11.6 Å². The number of piperidine rings is 1. The fourth-order valence-electron chi connectivity index (χ4n) is 4.65. The fraction of sp³-hybridized carbons (Fsp3) is 0.571.